The maximum Gasteiger partial charge on any atom is 0.161 e. The molecule has 0 saturated heterocycles. The van der Waals surface area contributed by atoms with Crippen LogP contribution < -0.4 is 9.47 Å². The van der Waals surface area contributed by atoms with Gasteiger partial charge in [0.2, 0.25) is 0 Å². The lowest BCUT2D eigenvalue weighted by atomic mass is 10.1. The highest BCUT2D eigenvalue weighted by Crippen LogP contribution is 2.28. The highest BCUT2D eigenvalue weighted by atomic mass is 16.5. The van der Waals surface area contributed by atoms with Crippen molar-refractivity contribution in [2.45, 2.75) is 26.6 Å². The Labute approximate surface area is 109 Å². The van der Waals surface area contributed by atoms with Crippen molar-refractivity contribution < 1.29 is 14.2 Å². The molecule has 0 amide bonds. The lowest BCUT2D eigenvalue weighted by Gasteiger charge is -2.18. The average molecular weight is 250 g/mol. The van der Waals surface area contributed by atoms with E-state index in [-0.39, 0.29) is 6.10 Å². The smallest absolute Gasteiger partial charge is 0.161 e. The molecule has 0 aliphatic carbocycles. The summed E-state index contributed by atoms with van der Waals surface area (Å²) in [7, 11) is 3.25. The fraction of sp³-hybridized carbons (Fsp3) is 0.467. The van der Waals surface area contributed by atoms with E-state index in [1.54, 1.807) is 14.2 Å². The van der Waals surface area contributed by atoms with Crippen LogP contribution >= 0.6 is 0 Å². The van der Waals surface area contributed by atoms with Crippen molar-refractivity contribution in [3.63, 3.8) is 0 Å². The number of hydrogen-bond acceptors (Lipinski definition) is 3. The second-order valence-corrected chi connectivity index (χ2v) is 4.44. The molecule has 1 rings (SSSR count). The first-order chi connectivity index (χ1) is 8.62. The van der Waals surface area contributed by atoms with E-state index in [0.717, 1.165) is 17.1 Å². The van der Waals surface area contributed by atoms with Crippen LogP contribution in [0.25, 0.3) is 0 Å². The zero-order valence-corrected chi connectivity index (χ0v) is 11.6. The summed E-state index contributed by atoms with van der Waals surface area (Å²) in [6.45, 7) is 8.55. The van der Waals surface area contributed by atoms with Crippen LogP contribution in [-0.4, -0.2) is 20.3 Å². The Morgan fingerprint density at radius 3 is 2.33 bits per heavy atom. The lowest BCUT2D eigenvalue weighted by Crippen LogP contribution is -2.16. The Balaban J connectivity index is 2.70. The predicted molar refractivity (Wildman–Crippen MR) is 73.2 cm³/mol. The molecule has 3 heteroatoms. The van der Waals surface area contributed by atoms with Crippen molar-refractivity contribution in [1.82, 2.24) is 0 Å². The monoisotopic (exact) mass is 250 g/mol. The molecule has 0 heterocycles. The fourth-order valence-corrected chi connectivity index (χ4v) is 1.70. The van der Waals surface area contributed by atoms with Crippen molar-refractivity contribution in [2.75, 3.05) is 14.2 Å². The quantitative estimate of drug-likeness (QED) is 0.694. The predicted octanol–water partition coefficient (Wildman–Crippen LogP) is 3.43. The molecule has 0 aromatic heterocycles. The SMILES string of the molecule is C=CC(OCc1ccc(OC)c(OC)c1)C(C)C. The Morgan fingerprint density at radius 1 is 1.17 bits per heavy atom. The largest absolute Gasteiger partial charge is 0.493 e. The second-order valence-electron chi connectivity index (χ2n) is 4.44. The van der Waals surface area contributed by atoms with Gasteiger partial charge in [-0.15, -0.1) is 6.58 Å². The summed E-state index contributed by atoms with van der Waals surface area (Å²) in [6, 6.07) is 5.79. The zero-order valence-electron chi connectivity index (χ0n) is 11.6. The van der Waals surface area contributed by atoms with Crippen LogP contribution in [0, 0.1) is 5.92 Å². The molecule has 0 bridgehead atoms. The maximum absolute atomic E-state index is 5.80. The number of methoxy groups -OCH3 is 2. The van der Waals surface area contributed by atoms with E-state index >= 15 is 0 Å². The summed E-state index contributed by atoms with van der Waals surface area (Å²) in [5.41, 5.74) is 1.06. The summed E-state index contributed by atoms with van der Waals surface area (Å²) in [6.07, 6.45) is 1.91. The minimum absolute atomic E-state index is 0.0677. The number of rotatable bonds is 7. The van der Waals surface area contributed by atoms with Crippen molar-refractivity contribution in [3.8, 4) is 11.5 Å². The van der Waals surface area contributed by atoms with Gasteiger partial charge in [0.1, 0.15) is 0 Å². The molecule has 1 unspecified atom stereocenters. The third-order valence-electron chi connectivity index (χ3n) is 2.78. The number of benzene rings is 1. The fourth-order valence-electron chi connectivity index (χ4n) is 1.70. The van der Waals surface area contributed by atoms with Crippen molar-refractivity contribution in [3.05, 3.63) is 36.4 Å². The van der Waals surface area contributed by atoms with E-state index in [2.05, 4.69) is 20.4 Å². The van der Waals surface area contributed by atoms with E-state index in [0.29, 0.717) is 12.5 Å². The van der Waals surface area contributed by atoms with Gasteiger partial charge in [0.25, 0.3) is 0 Å². The van der Waals surface area contributed by atoms with Gasteiger partial charge in [-0.1, -0.05) is 26.0 Å². The molecular weight excluding hydrogens is 228 g/mol. The molecule has 1 aromatic carbocycles. The third-order valence-corrected chi connectivity index (χ3v) is 2.78. The van der Waals surface area contributed by atoms with E-state index in [1.807, 2.05) is 24.3 Å². The summed E-state index contributed by atoms with van der Waals surface area (Å²) < 4.78 is 16.2. The summed E-state index contributed by atoms with van der Waals surface area (Å²) in [5, 5.41) is 0. The molecule has 1 atom stereocenters. The van der Waals surface area contributed by atoms with E-state index in [1.165, 1.54) is 0 Å². The Bertz CT molecular complexity index is 385. The molecule has 0 saturated carbocycles. The molecule has 18 heavy (non-hydrogen) atoms. The van der Waals surface area contributed by atoms with Crippen molar-refractivity contribution >= 4 is 0 Å². The van der Waals surface area contributed by atoms with Gasteiger partial charge in [-0.05, 0) is 23.6 Å². The van der Waals surface area contributed by atoms with Crippen molar-refractivity contribution in [2.24, 2.45) is 5.92 Å². The van der Waals surface area contributed by atoms with E-state index < -0.39 is 0 Å². The normalized spacial score (nSPS) is 12.3. The standard InChI is InChI=1S/C15H22O3/c1-6-13(11(2)3)18-10-12-7-8-14(16-4)15(9-12)17-5/h6-9,11,13H,1,10H2,2-5H3. The van der Waals surface area contributed by atoms with Crippen LogP contribution in [-0.2, 0) is 11.3 Å². The lowest BCUT2D eigenvalue weighted by molar-refractivity contribution is 0.0430. The van der Waals surface area contributed by atoms with E-state index in [9.17, 15) is 0 Å². The highest BCUT2D eigenvalue weighted by molar-refractivity contribution is 5.42. The van der Waals surface area contributed by atoms with Crippen LogP contribution in [0.3, 0.4) is 0 Å². The molecule has 0 aliphatic rings. The number of hydrogen-bond donors (Lipinski definition) is 0. The van der Waals surface area contributed by atoms with Crippen LogP contribution in [0.15, 0.2) is 30.9 Å². The topological polar surface area (TPSA) is 27.7 Å². The van der Waals surface area contributed by atoms with Gasteiger partial charge >= 0.3 is 0 Å². The third kappa shape index (κ3) is 3.77. The van der Waals surface area contributed by atoms with Crippen LogP contribution in [0.4, 0.5) is 0 Å². The van der Waals surface area contributed by atoms with Gasteiger partial charge in [-0.2, -0.15) is 0 Å². The average Bonchev–Trinajstić information content (AvgIpc) is 2.38. The second kappa shape index (κ2) is 7.07. The van der Waals surface area contributed by atoms with Crippen molar-refractivity contribution in [1.29, 1.82) is 0 Å². The first-order valence-electron chi connectivity index (χ1n) is 6.07. The zero-order chi connectivity index (χ0) is 13.5. The minimum atomic E-state index is 0.0677. The molecule has 0 spiro atoms. The van der Waals surface area contributed by atoms with Gasteiger partial charge in [0.15, 0.2) is 11.5 Å². The van der Waals surface area contributed by atoms with Crippen LogP contribution in [0.1, 0.15) is 19.4 Å². The Hall–Kier alpha value is -1.48. The van der Waals surface area contributed by atoms with Crippen LogP contribution in [0.2, 0.25) is 0 Å². The van der Waals surface area contributed by atoms with Gasteiger partial charge in [0, 0.05) is 0 Å². The first-order valence-corrected chi connectivity index (χ1v) is 6.07. The van der Waals surface area contributed by atoms with Gasteiger partial charge in [-0.25, -0.2) is 0 Å². The maximum atomic E-state index is 5.80. The molecule has 100 valence electrons. The highest BCUT2D eigenvalue weighted by Gasteiger charge is 2.10. The van der Waals surface area contributed by atoms with Gasteiger partial charge < -0.3 is 14.2 Å². The minimum Gasteiger partial charge on any atom is -0.493 e. The number of ether oxygens (including phenoxy) is 3. The molecule has 1 aromatic rings. The summed E-state index contributed by atoms with van der Waals surface area (Å²) in [4.78, 5) is 0. The molecule has 0 N–H and O–H groups in total. The molecule has 0 radical (unpaired) electrons. The Morgan fingerprint density at radius 2 is 1.83 bits per heavy atom. The van der Waals surface area contributed by atoms with E-state index in [4.69, 9.17) is 14.2 Å². The summed E-state index contributed by atoms with van der Waals surface area (Å²) in [5.74, 6) is 1.87. The first kappa shape index (κ1) is 14.6. The summed E-state index contributed by atoms with van der Waals surface area (Å²) >= 11 is 0. The molecule has 0 fully saturated rings. The molecule has 0 aliphatic heterocycles. The Kier molecular flexibility index (Phi) is 5.72. The van der Waals surface area contributed by atoms with Gasteiger partial charge in [-0.3, -0.25) is 0 Å². The van der Waals surface area contributed by atoms with Crippen LogP contribution in [0.5, 0.6) is 11.5 Å². The molecule has 3 nitrogen and oxygen atoms in total. The van der Waals surface area contributed by atoms with Gasteiger partial charge in [0.05, 0.1) is 26.9 Å². The molecular formula is C15H22O3.